The number of hydrogen-bond acceptors (Lipinski definition) is 6. The molecule has 0 bridgehead atoms. The summed E-state index contributed by atoms with van der Waals surface area (Å²) in [5.41, 5.74) is 2.21. The third kappa shape index (κ3) is 2.89. The maximum Gasteiger partial charge on any atom is 0.282 e. The van der Waals surface area contributed by atoms with Crippen molar-refractivity contribution in [3.05, 3.63) is 80.3 Å². The van der Waals surface area contributed by atoms with Crippen LogP contribution in [0.15, 0.2) is 47.8 Å². The molecule has 1 aliphatic heterocycles. The summed E-state index contributed by atoms with van der Waals surface area (Å²) in [5.74, 6) is -1.20. The van der Waals surface area contributed by atoms with Gasteiger partial charge in [-0.25, -0.2) is 4.98 Å². The van der Waals surface area contributed by atoms with Crippen LogP contribution in [0.2, 0.25) is 0 Å². The Hall–Kier alpha value is -3.39. The Morgan fingerprint density at radius 3 is 2.56 bits per heavy atom. The fourth-order valence-corrected chi connectivity index (χ4v) is 3.80. The number of thiazole rings is 1. The number of rotatable bonds is 4. The predicted octanol–water partition coefficient (Wildman–Crippen LogP) is 3.82. The fraction of sp³-hybridized carbons (Fsp3) is 0.105. The lowest BCUT2D eigenvalue weighted by molar-refractivity contribution is -0.385. The van der Waals surface area contributed by atoms with E-state index in [4.69, 9.17) is 0 Å². The van der Waals surface area contributed by atoms with Crippen LogP contribution in [0.4, 0.5) is 5.69 Å². The van der Waals surface area contributed by atoms with E-state index < -0.39 is 16.7 Å². The van der Waals surface area contributed by atoms with Crippen LogP contribution in [0.1, 0.15) is 32.0 Å². The minimum absolute atomic E-state index is 0.0220. The third-order valence-electron chi connectivity index (χ3n) is 4.34. The number of nitrogens with zero attached hydrogens (tertiary/aromatic N) is 3. The number of imide groups is 1. The second kappa shape index (κ2) is 6.40. The third-order valence-corrected chi connectivity index (χ3v) is 5.28. The van der Waals surface area contributed by atoms with Gasteiger partial charge in [-0.3, -0.25) is 24.6 Å². The van der Waals surface area contributed by atoms with Gasteiger partial charge in [-0.15, -0.1) is 11.3 Å². The van der Waals surface area contributed by atoms with Crippen molar-refractivity contribution in [1.29, 1.82) is 0 Å². The van der Waals surface area contributed by atoms with Crippen LogP contribution in [0.3, 0.4) is 0 Å². The van der Waals surface area contributed by atoms with Gasteiger partial charge in [0.25, 0.3) is 17.5 Å². The molecule has 27 heavy (non-hydrogen) atoms. The molecule has 1 aromatic heterocycles. The molecule has 2 aromatic carbocycles. The smallest absolute Gasteiger partial charge is 0.269 e. The Labute approximate surface area is 158 Å². The largest absolute Gasteiger partial charge is 0.282 e. The number of nitro benzene ring substituents is 1. The number of aromatic nitrogens is 1. The summed E-state index contributed by atoms with van der Waals surface area (Å²) in [6, 6.07) is 12.0. The van der Waals surface area contributed by atoms with Crippen LogP contribution in [0.25, 0.3) is 10.6 Å². The summed E-state index contributed by atoms with van der Waals surface area (Å²) in [4.78, 5) is 41.2. The lowest BCUT2D eigenvalue weighted by Gasteiger charge is -2.11. The van der Waals surface area contributed by atoms with Crippen LogP contribution >= 0.6 is 11.3 Å². The highest BCUT2D eigenvalue weighted by Crippen LogP contribution is 2.32. The molecule has 0 spiro atoms. The molecule has 134 valence electrons. The summed E-state index contributed by atoms with van der Waals surface area (Å²) in [6.07, 6.45) is 0. The van der Waals surface area contributed by atoms with E-state index in [1.165, 1.54) is 29.5 Å². The van der Waals surface area contributed by atoms with Crippen molar-refractivity contribution in [2.24, 2.45) is 0 Å². The highest BCUT2D eigenvalue weighted by Gasteiger charge is 2.41. The first kappa shape index (κ1) is 17.0. The van der Waals surface area contributed by atoms with Crippen molar-refractivity contribution in [3.8, 4) is 10.6 Å². The van der Waals surface area contributed by atoms with Crippen molar-refractivity contribution >= 4 is 28.8 Å². The molecule has 2 amide bonds. The molecule has 0 aliphatic carbocycles. The Balaban J connectivity index is 1.62. The number of fused-ring (bicyclic) bond motifs is 1. The Morgan fingerprint density at radius 2 is 1.85 bits per heavy atom. The summed E-state index contributed by atoms with van der Waals surface area (Å²) >= 11 is 1.42. The molecule has 2 heterocycles. The number of benzene rings is 2. The van der Waals surface area contributed by atoms with E-state index in [1.54, 1.807) is 5.38 Å². The Kier molecular flexibility index (Phi) is 4.04. The topological polar surface area (TPSA) is 93.4 Å². The molecule has 7 nitrogen and oxygen atoms in total. The van der Waals surface area contributed by atoms with E-state index >= 15 is 0 Å². The van der Waals surface area contributed by atoms with Crippen LogP contribution in [0, 0.1) is 17.0 Å². The molecule has 0 saturated carbocycles. The zero-order valence-electron chi connectivity index (χ0n) is 14.2. The second-order valence-corrected chi connectivity index (χ2v) is 7.02. The molecule has 0 unspecified atom stereocenters. The van der Waals surface area contributed by atoms with Gasteiger partial charge in [-0.05, 0) is 13.0 Å². The molecule has 8 heteroatoms. The Morgan fingerprint density at radius 1 is 1.11 bits per heavy atom. The molecule has 0 fully saturated rings. The monoisotopic (exact) mass is 379 g/mol. The van der Waals surface area contributed by atoms with Gasteiger partial charge in [0, 0.05) is 17.0 Å². The number of carbonyl (C=O) groups excluding carboxylic acids is 2. The van der Waals surface area contributed by atoms with Gasteiger partial charge in [0.05, 0.1) is 22.7 Å². The van der Waals surface area contributed by atoms with Gasteiger partial charge < -0.3 is 0 Å². The van der Waals surface area contributed by atoms with Crippen LogP contribution in [-0.4, -0.2) is 26.6 Å². The molecule has 3 aromatic rings. The molecule has 1 aliphatic rings. The summed E-state index contributed by atoms with van der Waals surface area (Å²) in [5, 5.41) is 13.7. The van der Waals surface area contributed by atoms with E-state index in [0.29, 0.717) is 5.69 Å². The normalized spacial score (nSPS) is 13.1. The molecular formula is C19H13N3O4S. The predicted molar refractivity (Wildman–Crippen MR) is 99.6 cm³/mol. The average molecular weight is 379 g/mol. The minimum Gasteiger partial charge on any atom is -0.269 e. The van der Waals surface area contributed by atoms with Gasteiger partial charge in [0.2, 0.25) is 0 Å². The van der Waals surface area contributed by atoms with E-state index in [-0.39, 0.29) is 23.4 Å². The zero-order valence-corrected chi connectivity index (χ0v) is 15.0. The van der Waals surface area contributed by atoms with E-state index in [9.17, 15) is 19.7 Å². The molecule has 0 saturated heterocycles. The number of amides is 2. The van der Waals surface area contributed by atoms with Gasteiger partial charge in [-0.1, -0.05) is 35.9 Å². The van der Waals surface area contributed by atoms with E-state index in [0.717, 1.165) is 21.0 Å². The molecule has 0 atom stereocenters. The summed E-state index contributed by atoms with van der Waals surface area (Å²) in [6.45, 7) is 1.98. The standard InChI is InChI=1S/C19H13N3O4S/c1-11-5-7-12(8-6-11)17-20-13(10-27-17)9-21-18(23)14-3-2-4-15(22(25)26)16(14)19(21)24/h2-8,10H,9H2,1H3. The van der Waals surface area contributed by atoms with Crippen LogP contribution in [0.5, 0.6) is 0 Å². The van der Waals surface area contributed by atoms with Crippen LogP contribution in [-0.2, 0) is 6.54 Å². The quantitative estimate of drug-likeness (QED) is 0.390. The minimum atomic E-state index is -0.660. The molecule has 0 radical (unpaired) electrons. The number of hydrogen-bond donors (Lipinski definition) is 0. The lowest BCUT2D eigenvalue weighted by Crippen LogP contribution is -2.29. The molecule has 4 rings (SSSR count). The number of aryl methyl sites for hydroxylation is 1. The van der Waals surface area contributed by atoms with Gasteiger partial charge in [0.15, 0.2) is 0 Å². The van der Waals surface area contributed by atoms with E-state index in [1.807, 2.05) is 31.2 Å². The van der Waals surface area contributed by atoms with Crippen molar-refractivity contribution < 1.29 is 14.5 Å². The maximum absolute atomic E-state index is 12.6. The van der Waals surface area contributed by atoms with Crippen LogP contribution < -0.4 is 0 Å². The first-order valence-electron chi connectivity index (χ1n) is 8.11. The average Bonchev–Trinajstić information content (AvgIpc) is 3.22. The van der Waals surface area contributed by atoms with Crippen molar-refractivity contribution in [2.75, 3.05) is 0 Å². The van der Waals surface area contributed by atoms with Gasteiger partial charge in [-0.2, -0.15) is 0 Å². The maximum atomic E-state index is 12.6. The first-order chi connectivity index (χ1) is 13.0. The number of carbonyl (C=O) groups is 2. The first-order valence-corrected chi connectivity index (χ1v) is 8.98. The van der Waals surface area contributed by atoms with Gasteiger partial charge >= 0.3 is 0 Å². The Bertz CT molecular complexity index is 1090. The second-order valence-electron chi connectivity index (χ2n) is 6.16. The van der Waals surface area contributed by atoms with Gasteiger partial charge in [0.1, 0.15) is 10.6 Å². The van der Waals surface area contributed by atoms with E-state index in [2.05, 4.69) is 4.98 Å². The summed E-state index contributed by atoms with van der Waals surface area (Å²) in [7, 11) is 0. The summed E-state index contributed by atoms with van der Waals surface area (Å²) < 4.78 is 0. The SMILES string of the molecule is Cc1ccc(-c2nc(CN3C(=O)c4cccc([N+](=O)[O-])c4C3=O)cs2)cc1. The highest BCUT2D eigenvalue weighted by molar-refractivity contribution is 7.13. The highest BCUT2D eigenvalue weighted by atomic mass is 32.1. The van der Waals surface area contributed by atoms with Crippen molar-refractivity contribution in [3.63, 3.8) is 0 Å². The fourth-order valence-electron chi connectivity index (χ4n) is 2.98. The lowest BCUT2D eigenvalue weighted by atomic mass is 10.1. The number of nitro groups is 1. The molecular weight excluding hydrogens is 366 g/mol. The van der Waals surface area contributed by atoms with Crippen molar-refractivity contribution in [1.82, 2.24) is 9.88 Å². The van der Waals surface area contributed by atoms with Crippen molar-refractivity contribution in [2.45, 2.75) is 13.5 Å². The zero-order chi connectivity index (χ0) is 19.1. The molecule has 0 N–H and O–H groups in total.